The fraction of sp³-hybridized carbons (Fsp3) is 0.115. The van der Waals surface area contributed by atoms with E-state index >= 15 is 0 Å². The highest BCUT2D eigenvalue weighted by Crippen LogP contribution is 2.26. The summed E-state index contributed by atoms with van der Waals surface area (Å²) in [4.78, 5) is 22.1. The second kappa shape index (κ2) is 8.79. The standard InChI is InChI=1S/C26H23N3O2/c1-17-8-12-19(13-9-17)22-16-23(20-14-10-18(2)11-15-20)28-26(27-22)29-25(30)21-6-4-5-7-24(21)31-3/h4-16H,1-3H3,(H,27,28,29,30). The van der Waals surface area contributed by atoms with E-state index in [1.54, 1.807) is 18.2 Å². The maximum Gasteiger partial charge on any atom is 0.261 e. The van der Waals surface area contributed by atoms with Gasteiger partial charge in [-0.25, -0.2) is 9.97 Å². The van der Waals surface area contributed by atoms with Gasteiger partial charge in [0.15, 0.2) is 0 Å². The number of hydrogen-bond donors (Lipinski definition) is 1. The first-order chi connectivity index (χ1) is 15.0. The Morgan fingerprint density at radius 3 is 1.81 bits per heavy atom. The first-order valence-corrected chi connectivity index (χ1v) is 10.0. The van der Waals surface area contributed by atoms with Gasteiger partial charge in [0.2, 0.25) is 5.95 Å². The van der Waals surface area contributed by atoms with Gasteiger partial charge in [-0.15, -0.1) is 0 Å². The number of carbonyl (C=O) groups excluding carboxylic acids is 1. The number of nitrogens with zero attached hydrogens (tertiary/aromatic N) is 2. The van der Waals surface area contributed by atoms with Gasteiger partial charge in [-0.3, -0.25) is 10.1 Å². The molecule has 0 saturated heterocycles. The Morgan fingerprint density at radius 2 is 1.29 bits per heavy atom. The van der Waals surface area contributed by atoms with Gasteiger partial charge in [0.1, 0.15) is 5.75 Å². The second-order valence-electron chi connectivity index (χ2n) is 7.35. The van der Waals surface area contributed by atoms with E-state index < -0.39 is 0 Å². The van der Waals surface area contributed by atoms with Crippen molar-refractivity contribution in [3.05, 3.63) is 95.6 Å². The lowest BCUT2D eigenvalue weighted by molar-refractivity contribution is 0.102. The van der Waals surface area contributed by atoms with E-state index in [9.17, 15) is 4.79 Å². The maximum absolute atomic E-state index is 12.9. The molecule has 31 heavy (non-hydrogen) atoms. The van der Waals surface area contributed by atoms with Crippen molar-refractivity contribution in [2.75, 3.05) is 12.4 Å². The van der Waals surface area contributed by atoms with Crippen LogP contribution in [0.3, 0.4) is 0 Å². The van der Waals surface area contributed by atoms with E-state index in [0.717, 1.165) is 22.5 Å². The van der Waals surface area contributed by atoms with Gasteiger partial charge < -0.3 is 4.74 Å². The molecular formula is C26H23N3O2. The van der Waals surface area contributed by atoms with E-state index in [4.69, 9.17) is 4.74 Å². The molecule has 0 aliphatic carbocycles. The van der Waals surface area contributed by atoms with E-state index in [2.05, 4.69) is 15.3 Å². The van der Waals surface area contributed by atoms with Crippen molar-refractivity contribution in [3.63, 3.8) is 0 Å². The van der Waals surface area contributed by atoms with Crippen molar-refractivity contribution in [2.45, 2.75) is 13.8 Å². The third-order valence-corrected chi connectivity index (χ3v) is 5.00. The summed E-state index contributed by atoms with van der Waals surface area (Å²) in [6, 6.07) is 25.2. The highest BCUT2D eigenvalue weighted by molar-refractivity contribution is 6.05. The third-order valence-electron chi connectivity index (χ3n) is 5.00. The molecule has 5 nitrogen and oxygen atoms in total. The highest BCUT2D eigenvalue weighted by Gasteiger charge is 2.15. The molecule has 0 fully saturated rings. The molecule has 1 amide bonds. The molecule has 154 valence electrons. The summed E-state index contributed by atoms with van der Waals surface area (Å²) in [5.74, 6) is 0.409. The summed E-state index contributed by atoms with van der Waals surface area (Å²) in [6.07, 6.45) is 0. The molecule has 0 aliphatic rings. The van der Waals surface area contributed by atoms with Crippen molar-refractivity contribution in [1.29, 1.82) is 0 Å². The Bertz CT molecular complexity index is 1150. The first kappa shape index (κ1) is 20.3. The van der Waals surface area contributed by atoms with Crippen LogP contribution in [-0.4, -0.2) is 23.0 Å². The van der Waals surface area contributed by atoms with Gasteiger partial charge in [-0.2, -0.15) is 0 Å². The van der Waals surface area contributed by atoms with E-state index in [-0.39, 0.29) is 11.9 Å². The number of ether oxygens (including phenoxy) is 1. The molecule has 0 radical (unpaired) electrons. The predicted molar refractivity (Wildman–Crippen MR) is 123 cm³/mol. The number of amides is 1. The van der Waals surface area contributed by atoms with Gasteiger partial charge in [0.05, 0.1) is 24.1 Å². The van der Waals surface area contributed by atoms with Crippen LogP contribution in [-0.2, 0) is 0 Å². The molecule has 5 heteroatoms. The fourth-order valence-corrected chi connectivity index (χ4v) is 3.25. The number of para-hydroxylation sites is 1. The minimum Gasteiger partial charge on any atom is -0.496 e. The average Bonchev–Trinajstić information content (AvgIpc) is 2.79. The Morgan fingerprint density at radius 1 is 0.774 bits per heavy atom. The summed E-state index contributed by atoms with van der Waals surface area (Å²) in [6.45, 7) is 4.08. The minimum atomic E-state index is -0.326. The lowest BCUT2D eigenvalue weighted by Gasteiger charge is -2.11. The number of methoxy groups -OCH3 is 1. The van der Waals surface area contributed by atoms with Crippen molar-refractivity contribution in [3.8, 4) is 28.3 Å². The summed E-state index contributed by atoms with van der Waals surface area (Å²) in [5.41, 5.74) is 6.14. The molecule has 1 N–H and O–H groups in total. The summed E-state index contributed by atoms with van der Waals surface area (Å²) >= 11 is 0. The molecule has 0 unspecified atom stereocenters. The number of carbonyl (C=O) groups is 1. The van der Waals surface area contributed by atoms with Crippen molar-refractivity contribution < 1.29 is 9.53 Å². The number of aryl methyl sites for hydroxylation is 2. The molecule has 4 aromatic rings. The zero-order valence-corrected chi connectivity index (χ0v) is 17.7. The molecule has 3 aromatic carbocycles. The summed E-state index contributed by atoms with van der Waals surface area (Å²) < 4.78 is 5.31. The molecular weight excluding hydrogens is 386 g/mol. The zero-order valence-electron chi connectivity index (χ0n) is 17.7. The first-order valence-electron chi connectivity index (χ1n) is 10.0. The van der Waals surface area contributed by atoms with Crippen LogP contribution in [0.15, 0.2) is 78.9 Å². The summed E-state index contributed by atoms with van der Waals surface area (Å²) in [5, 5.41) is 2.83. The van der Waals surface area contributed by atoms with E-state index in [0.29, 0.717) is 11.3 Å². The van der Waals surface area contributed by atoms with Gasteiger partial charge in [-0.05, 0) is 32.0 Å². The second-order valence-corrected chi connectivity index (χ2v) is 7.35. The van der Waals surface area contributed by atoms with Crippen molar-refractivity contribution in [1.82, 2.24) is 9.97 Å². The average molecular weight is 409 g/mol. The number of hydrogen-bond acceptors (Lipinski definition) is 4. The van der Waals surface area contributed by atoms with Gasteiger partial charge in [0.25, 0.3) is 5.91 Å². The predicted octanol–water partition coefficient (Wildman–Crippen LogP) is 5.69. The van der Waals surface area contributed by atoms with E-state index in [1.807, 2.05) is 74.5 Å². The van der Waals surface area contributed by atoms with Gasteiger partial charge >= 0.3 is 0 Å². The van der Waals surface area contributed by atoms with Crippen LogP contribution < -0.4 is 10.1 Å². The Kier molecular flexibility index (Phi) is 5.76. The number of aromatic nitrogens is 2. The third kappa shape index (κ3) is 4.61. The number of nitrogens with one attached hydrogen (secondary N) is 1. The van der Waals surface area contributed by atoms with Crippen molar-refractivity contribution in [2.24, 2.45) is 0 Å². The molecule has 1 heterocycles. The molecule has 0 saturated carbocycles. The Balaban J connectivity index is 1.76. The van der Waals surface area contributed by atoms with Crippen LogP contribution in [0.5, 0.6) is 5.75 Å². The van der Waals surface area contributed by atoms with Crippen LogP contribution in [0.25, 0.3) is 22.5 Å². The van der Waals surface area contributed by atoms with Crippen LogP contribution in [0, 0.1) is 13.8 Å². The Labute approximate surface area is 181 Å². The molecule has 0 aliphatic heterocycles. The molecule has 0 bridgehead atoms. The lowest BCUT2D eigenvalue weighted by atomic mass is 10.1. The topological polar surface area (TPSA) is 64.1 Å². The van der Waals surface area contributed by atoms with Crippen LogP contribution in [0.2, 0.25) is 0 Å². The van der Waals surface area contributed by atoms with Crippen LogP contribution in [0.4, 0.5) is 5.95 Å². The molecule has 1 aromatic heterocycles. The maximum atomic E-state index is 12.9. The largest absolute Gasteiger partial charge is 0.496 e. The van der Waals surface area contributed by atoms with E-state index in [1.165, 1.54) is 18.2 Å². The molecule has 4 rings (SSSR count). The van der Waals surface area contributed by atoms with Crippen LogP contribution >= 0.6 is 0 Å². The quantitative estimate of drug-likeness (QED) is 0.460. The molecule has 0 spiro atoms. The minimum absolute atomic E-state index is 0.240. The SMILES string of the molecule is COc1ccccc1C(=O)Nc1nc(-c2ccc(C)cc2)cc(-c2ccc(C)cc2)n1. The smallest absolute Gasteiger partial charge is 0.261 e. The number of rotatable bonds is 5. The lowest BCUT2D eigenvalue weighted by Crippen LogP contribution is -2.15. The number of anilines is 1. The Hall–Kier alpha value is -3.99. The van der Waals surface area contributed by atoms with Gasteiger partial charge in [0, 0.05) is 11.1 Å². The molecule has 0 atom stereocenters. The van der Waals surface area contributed by atoms with Gasteiger partial charge in [-0.1, -0.05) is 71.8 Å². The van der Waals surface area contributed by atoms with Crippen LogP contribution in [0.1, 0.15) is 21.5 Å². The normalized spacial score (nSPS) is 10.5. The summed E-state index contributed by atoms with van der Waals surface area (Å²) in [7, 11) is 1.54. The fourth-order valence-electron chi connectivity index (χ4n) is 3.25. The monoisotopic (exact) mass is 409 g/mol. The zero-order chi connectivity index (χ0) is 21.8. The number of benzene rings is 3. The van der Waals surface area contributed by atoms with Crippen molar-refractivity contribution >= 4 is 11.9 Å². The highest BCUT2D eigenvalue weighted by atomic mass is 16.5.